The Morgan fingerprint density at radius 1 is 1.24 bits per heavy atom. The van der Waals surface area contributed by atoms with E-state index in [0.29, 0.717) is 12.1 Å². The van der Waals surface area contributed by atoms with E-state index in [1.807, 2.05) is 25.1 Å². The Bertz CT molecular complexity index is 647. The number of halogens is 1. The highest BCUT2D eigenvalue weighted by atomic mass is 19.1. The number of nitrogens with zero attached hydrogens (tertiary/aromatic N) is 1. The smallest absolute Gasteiger partial charge is 0.165 e. The third-order valence-corrected chi connectivity index (χ3v) is 3.37. The van der Waals surface area contributed by atoms with Crippen LogP contribution in [0.15, 0.2) is 42.5 Å². The number of hydrogen-bond acceptors (Lipinski definition) is 3. The van der Waals surface area contributed by atoms with Crippen molar-refractivity contribution in [2.24, 2.45) is 0 Å². The van der Waals surface area contributed by atoms with Gasteiger partial charge in [0, 0.05) is 12.6 Å². The lowest BCUT2D eigenvalue weighted by Gasteiger charge is -2.15. The molecule has 2 aromatic carbocycles. The van der Waals surface area contributed by atoms with Crippen LogP contribution in [0.1, 0.15) is 29.7 Å². The van der Waals surface area contributed by atoms with Gasteiger partial charge in [0.2, 0.25) is 0 Å². The molecule has 0 spiro atoms. The average molecular weight is 284 g/mol. The van der Waals surface area contributed by atoms with Crippen molar-refractivity contribution >= 4 is 0 Å². The first-order valence-electron chi connectivity index (χ1n) is 6.70. The molecular formula is C17H17FN2O. The molecule has 3 nitrogen and oxygen atoms in total. The van der Waals surface area contributed by atoms with E-state index in [4.69, 9.17) is 10.00 Å². The first-order chi connectivity index (χ1) is 10.1. The zero-order valence-electron chi connectivity index (χ0n) is 12.1. The van der Waals surface area contributed by atoms with Gasteiger partial charge in [-0.2, -0.15) is 5.26 Å². The molecule has 0 saturated heterocycles. The van der Waals surface area contributed by atoms with E-state index in [1.54, 1.807) is 18.2 Å². The van der Waals surface area contributed by atoms with Crippen molar-refractivity contribution in [1.82, 2.24) is 5.32 Å². The van der Waals surface area contributed by atoms with Gasteiger partial charge in [0.25, 0.3) is 0 Å². The molecular weight excluding hydrogens is 267 g/mol. The van der Waals surface area contributed by atoms with Crippen LogP contribution in [0.2, 0.25) is 0 Å². The molecule has 2 aromatic rings. The molecule has 1 atom stereocenters. The van der Waals surface area contributed by atoms with Crippen LogP contribution in [0.25, 0.3) is 0 Å². The molecule has 0 heterocycles. The molecule has 0 saturated carbocycles. The Balaban J connectivity index is 1.99. The fourth-order valence-electron chi connectivity index (χ4n) is 2.04. The Kier molecular flexibility index (Phi) is 4.91. The molecule has 21 heavy (non-hydrogen) atoms. The number of ether oxygens (including phenoxy) is 1. The minimum Gasteiger partial charge on any atom is -0.494 e. The van der Waals surface area contributed by atoms with Crippen molar-refractivity contribution in [2.75, 3.05) is 7.11 Å². The first kappa shape index (κ1) is 15.0. The maximum absolute atomic E-state index is 13.7. The zero-order valence-corrected chi connectivity index (χ0v) is 12.1. The van der Waals surface area contributed by atoms with Crippen LogP contribution in [0, 0.1) is 17.1 Å². The SMILES string of the molecule is COc1ccc([C@H](C)NCc2ccc(C#N)cc2)cc1F. The predicted octanol–water partition coefficient (Wildman–Crippen LogP) is 3.56. The van der Waals surface area contributed by atoms with Crippen molar-refractivity contribution in [3.05, 3.63) is 65.0 Å². The highest BCUT2D eigenvalue weighted by Gasteiger charge is 2.09. The lowest BCUT2D eigenvalue weighted by Crippen LogP contribution is -2.18. The Hall–Kier alpha value is -2.38. The van der Waals surface area contributed by atoms with Crippen molar-refractivity contribution < 1.29 is 9.13 Å². The molecule has 0 aliphatic carbocycles. The van der Waals surface area contributed by atoms with Crippen molar-refractivity contribution in [2.45, 2.75) is 19.5 Å². The van der Waals surface area contributed by atoms with Gasteiger partial charge in [-0.25, -0.2) is 4.39 Å². The molecule has 0 amide bonds. The molecule has 0 fully saturated rings. The molecule has 0 bridgehead atoms. The van der Waals surface area contributed by atoms with Gasteiger partial charge >= 0.3 is 0 Å². The fourth-order valence-corrected chi connectivity index (χ4v) is 2.04. The van der Waals surface area contributed by atoms with E-state index >= 15 is 0 Å². The van der Waals surface area contributed by atoms with Crippen molar-refractivity contribution in [3.8, 4) is 11.8 Å². The first-order valence-corrected chi connectivity index (χ1v) is 6.70. The quantitative estimate of drug-likeness (QED) is 0.913. The molecule has 0 radical (unpaired) electrons. The maximum Gasteiger partial charge on any atom is 0.165 e. The molecule has 0 aromatic heterocycles. The average Bonchev–Trinajstić information content (AvgIpc) is 2.53. The summed E-state index contributed by atoms with van der Waals surface area (Å²) in [6.45, 7) is 2.63. The second-order valence-corrected chi connectivity index (χ2v) is 4.81. The molecule has 2 rings (SSSR count). The molecule has 0 aliphatic rings. The van der Waals surface area contributed by atoms with Crippen molar-refractivity contribution in [1.29, 1.82) is 5.26 Å². The molecule has 108 valence electrons. The van der Waals surface area contributed by atoms with Gasteiger partial charge in [-0.1, -0.05) is 18.2 Å². The molecule has 0 aliphatic heterocycles. The van der Waals surface area contributed by atoms with Gasteiger partial charge in [-0.3, -0.25) is 0 Å². The maximum atomic E-state index is 13.7. The minimum atomic E-state index is -0.359. The Morgan fingerprint density at radius 3 is 2.52 bits per heavy atom. The molecule has 4 heteroatoms. The van der Waals surface area contributed by atoms with E-state index < -0.39 is 0 Å². The van der Waals surface area contributed by atoms with E-state index in [1.165, 1.54) is 13.2 Å². The summed E-state index contributed by atoms with van der Waals surface area (Å²) in [5.41, 5.74) is 2.58. The number of hydrogen-bond donors (Lipinski definition) is 1. The number of benzene rings is 2. The normalized spacial score (nSPS) is 11.7. The van der Waals surface area contributed by atoms with Gasteiger partial charge in [0.05, 0.1) is 18.7 Å². The summed E-state index contributed by atoms with van der Waals surface area (Å²) < 4.78 is 18.6. The highest BCUT2D eigenvalue weighted by Crippen LogP contribution is 2.21. The third-order valence-electron chi connectivity index (χ3n) is 3.37. The monoisotopic (exact) mass is 284 g/mol. The lowest BCUT2D eigenvalue weighted by molar-refractivity contribution is 0.385. The van der Waals surface area contributed by atoms with Gasteiger partial charge in [-0.05, 0) is 42.3 Å². The summed E-state index contributed by atoms with van der Waals surface area (Å²) in [7, 11) is 1.45. The summed E-state index contributed by atoms with van der Waals surface area (Å²) in [5.74, 6) is -0.111. The second-order valence-electron chi connectivity index (χ2n) is 4.81. The van der Waals surface area contributed by atoms with Crippen LogP contribution < -0.4 is 10.1 Å². The van der Waals surface area contributed by atoms with Crippen LogP contribution >= 0.6 is 0 Å². The number of methoxy groups -OCH3 is 1. The van der Waals surface area contributed by atoms with E-state index in [-0.39, 0.29) is 17.6 Å². The molecule has 0 unspecified atom stereocenters. The third kappa shape index (κ3) is 3.80. The summed E-state index contributed by atoms with van der Waals surface area (Å²) in [5, 5.41) is 12.1. The van der Waals surface area contributed by atoms with Gasteiger partial charge in [0.15, 0.2) is 11.6 Å². The summed E-state index contributed by atoms with van der Waals surface area (Å²) in [6, 6.07) is 14.5. The Labute approximate surface area is 124 Å². The predicted molar refractivity (Wildman–Crippen MR) is 79.4 cm³/mol. The van der Waals surface area contributed by atoms with Crippen LogP contribution in [-0.4, -0.2) is 7.11 Å². The Morgan fingerprint density at radius 2 is 1.95 bits per heavy atom. The summed E-state index contributed by atoms with van der Waals surface area (Å²) in [6.07, 6.45) is 0. The molecule has 1 N–H and O–H groups in total. The highest BCUT2D eigenvalue weighted by molar-refractivity contribution is 5.32. The minimum absolute atomic E-state index is 0.0149. The van der Waals surface area contributed by atoms with Gasteiger partial charge < -0.3 is 10.1 Å². The van der Waals surface area contributed by atoms with E-state index in [2.05, 4.69) is 11.4 Å². The topological polar surface area (TPSA) is 45.0 Å². The summed E-state index contributed by atoms with van der Waals surface area (Å²) >= 11 is 0. The summed E-state index contributed by atoms with van der Waals surface area (Å²) in [4.78, 5) is 0. The van der Waals surface area contributed by atoms with Crippen LogP contribution in [0.5, 0.6) is 5.75 Å². The largest absolute Gasteiger partial charge is 0.494 e. The van der Waals surface area contributed by atoms with Crippen LogP contribution in [-0.2, 0) is 6.54 Å². The zero-order chi connectivity index (χ0) is 15.2. The number of nitriles is 1. The van der Waals surface area contributed by atoms with E-state index in [0.717, 1.165) is 11.1 Å². The van der Waals surface area contributed by atoms with Crippen LogP contribution in [0.4, 0.5) is 4.39 Å². The van der Waals surface area contributed by atoms with Gasteiger partial charge in [0.1, 0.15) is 0 Å². The second kappa shape index (κ2) is 6.87. The lowest BCUT2D eigenvalue weighted by atomic mass is 10.1. The van der Waals surface area contributed by atoms with Crippen molar-refractivity contribution in [3.63, 3.8) is 0 Å². The van der Waals surface area contributed by atoms with Gasteiger partial charge in [-0.15, -0.1) is 0 Å². The fraction of sp³-hybridized carbons (Fsp3) is 0.235. The van der Waals surface area contributed by atoms with Crippen LogP contribution in [0.3, 0.4) is 0 Å². The van der Waals surface area contributed by atoms with E-state index in [9.17, 15) is 4.39 Å². The number of rotatable bonds is 5. The standard InChI is InChI=1S/C17H17FN2O/c1-12(15-7-8-17(21-2)16(18)9-15)20-11-14-5-3-13(10-19)4-6-14/h3-9,12,20H,11H2,1-2H3/t12-/m0/s1. The number of nitrogens with one attached hydrogen (secondary N) is 1.